The van der Waals surface area contributed by atoms with Gasteiger partial charge in [-0.3, -0.25) is 0 Å². The van der Waals surface area contributed by atoms with E-state index in [1.54, 1.807) is 0 Å². The number of hydrogen-bond donors (Lipinski definition) is 1. The third-order valence-corrected chi connectivity index (χ3v) is 5.76. The standard InChI is InChI=1S/C15H31NO2S/c1-12(2)10-16-11-13(3)8-14-6-5-7-15(9-14)19(4,17)18/h12-16H,5-11H2,1-4H3. The molecule has 1 N–H and O–H groups in total. The van der Waals surface area contributed by atoms with Gasteiger partial charge in [0.15, 0.2) is 0 Å². The van der Waals surface area contributed by atoms with Crippen LogP contribution in [0.3, 0.4) is 0 Å². The van der Waals surface area contributed by atoms with E-state index in [0.717, 1.165) is 38.8 Å². The Kier molecular flexibility index (Phi) is 6.81. The molecule has 0 aromatic heterocycles. The number of sulfone groups is 1. The van der Waals surface area contributed by atoms with Gasteiger partial charge in [0.25, 0.3) is 0 Å². The molecule has 1 fully saturated rings. The second kappa shape index (κ2) is 7.63. The smallest absolute Gasteiger partial charge is 0.150 e. The Hall–Kier alpha value is -0.0900. The van der Waals surface area contributed by atoms with Gasteiger partial charge in [-0.25, -0.2) is 8.42 Å². The van der Waals surface area contributed by atoms with Gasteiger partial charge < -0.3 is 5.32 Å². The highest BCUT2D eigenvalue weighted by Gasteiger charge is 2.29. The lowest BCUT2D eigenvalue weighted by atomic mass is 9.83. The second-order valence-corrected chi connectivity index (χ2v) is 9.20. The molecule has 0 heterocycles. The predicted octanol–water partition coefficient (Wildman–Crippen LogP) is 2.86. The van der Waals surface area contributed by atoms with Crippen molar-refractivity contribution >= 4 is 9.84 Å². The number of nitrogens with one attached hydrogen (secondary N) is 1. The topological polar surface area (TPSA) is 46.2 Å². The predicted molar refractivity (Wildman–Crippen MR) is 82.1 cm³/mol. The summed E-state index contributed by atoms with van der Waals surface area (Å²) in [6.07, 6.45) is 6.60. The van der Waals surface area contributed by atoms with Gasteiger partial charge in [-0.05, 0) is 50.1 Å². The van der Waals surface area contributed by atoms with Crippen LogP contribution in [-0.4, -0.2) is 33.0 Å². The average Bonchev–Trinajstić information content (AvgIpc) is 2.27. The van der Waals surface area contributed by atoms with Crippen LogP contribution in [0.2, 0.25) is 0 Å². The van der Waals surface area contributed by atoms with Gasteiger partial charge in [0.05, 0.1) is 5.25 Å². The molecule has 1 rings (SSSR count). The molecule has 0 spiro atoms. The zero-order chi connectivity index (χ0) is 14.5. The fourth-order valence-electron chi connectivity index (χ4n) is 3.12. The molecule has 0 aliphatic heterocycles. The molecule has 3 unspecified atom stereocenters. The zero-order valence-electron chi connectivity index (χ0n) is 13.0. The van der Waals surface area contributed by atoms with Gasteiger partial charge in [-0.2, -0.15) is 0 Å². The van der Waals surface area contributed by atoms with E-state index in [0.29, 0.717) is 17.8 Å². The van der Waals surface area contributed by atoms with Crippen LogP contribution >= 0.6 is 0 Å². The summed E-state index contributed by atoms with van der Waals surface area (Å²) in [5, 5.41) is 3.42. The summed E-state index contributed by atoms with van der Waals surface area (Å²) < 4.78 is 23.3. The first-order valence-electron chi connectivity index (χ1n) is 7.68. The van der Waals surface area contributed by atoms with Gasteiger partial charge in [0.2, 0.25) is 0 Å². The molecule has 0 amide bonds. The Morgan fingerprint density at radius 1 is 1.16 bits per heavy atom. The molecule has 114 valence electrons. The largest absolute Gasteiger partial charge is 0.316 e. The maximum absolute atomic E-state index is 11.7. The lowest BCUT2D eigenvalue weighted by Gasteiger charge is -2.30. The summed E-state index contributed by atoms with van der Waals surface area (Å²) >= 11 is 0. The molecule has 0 saturated heterocycles. The Morgan fingerprint density at radius 3 is 2.42 bits per heavy atom. The first-order valence-corrected chi connectivity index (χ1v) is 9.64. The highest BCUT2D eigenvalue weighted by Crippen LogP contribution is 2.32. The third-order valence-electron chi connectivity index (χ3n) is 4.12. The minimum absolute atomic E-state index is 0.0814. The van der Waals surface area contributed by atoms with Crippen molar-refractivity contribution in [3.8, 4) is 0 Å². The lowest BCUT2D eigenvalue weighted by Crippen LogP contribution is -2.30. The Bertz CT molecular complexity index is 351. The molecule has 3 atom stereocenters. The molecule has 1 saturated carbocycles. The van der Waals surface area contributed by atoms with E-state index in [-0.39, 0.29) is 5.25 Å². The molecule has 0 aromatic carbocycles. The maximum atomic E-state index is 11.7. The lowest BCUT2D eigenvalue weighted by molar-refractivity contribution is 0.291. The summed E-state index contributed by atoms with van der Waals surface area (Å²) in [7, 11) is -2.84. The van der Waals surface area contributed by atoms with Crippen LogP contribution in [0, 0.1) is 17.8 Å². The van der Waals surface area contributed by atoms with Crippen molar-refractivity contribution in [2.75, 3.05) is 19.3 Å². The number of rotatable bonds is 7. The van der Waals surface area contributed by atoms with Crippen LogP contribution < -0.4 is 5.32 Å². The molecule has 0 aromatic rings. The van der Waals surface area contributed by atoms with Crippen LogP contribution in [0.25, 0.3) is 0 Å². The van der Waals surface area contributed by atoms with Crippen molar-refractivity contribution in [1.29, 1.82) is 0 Å². The molecule has 0 bridgehead atoms. The highest BCUT2D eigenvalue weighted by molar-refractivity contribution is 7.91. The average molecular weight is 289 g/mol. The first kappa shape index (κ1) is 17.0. The highest BCUT2D eigenvalue weighted by atomic mass is 32.2. The molecule has 19 heavy (non-hydrogen) atoms. The van der Waals surface area contributed by atoms with Gasteiger partial charge in [-0.1, -0.05) is 33.6 Å². The normalized spacial score (nSPS) is 26.6. The molecular formula is C15H31NO2S. The fourth-order valence-corrected chi connectivity index (χ4v) is 4.33. The third kappa shape index (κ3) is 6.75. The molecule has 4 heteroatoms. The Morgan fingerprint density at radius 2 is 1.84 bits per heavy atom. The van der Waals surface area contributed by atoms with Crippen molar-refractivity contribution in [1.82, 2.24) is 5.32 Å². The van der Waals surface area contributed by atoms with Crippen molar-refractivity contribution in [2.45, 2.75) is 58.1 Å². The van der Waals surface area contributed by atoms with E-state index in [9.17, 15) is 8.42 Å². The number of hydrogen-bond acceptors (Lipinski definition) is 3. The fraction of sp³-hybridized carbons (Fsp3) is 1.00. The van der Waals surface area contributed by atoms with Gasteiger partial charge in [0.1, 0.15) is 9.84 Å². The van der Waals surface area contributed by atoms with Crippen molar-refractivity contribution in [2.24, 2.45) is 17.8 Å². The van der Waals surface area contributed by atoms with Crippen molar-refractivity contribution in [3.63, 3.8) is 0 Å². The quantitative estimate of drug-likeness (QED) is 0.784. The van der Waals surface area contributed by atoms with E-state index < -0.39 is 9.84 Å². The second-order valence-electron chi connectivity index (χ2n) is 6.88. The van der Waals surface area contributed by atoms with Gasteiger partial charge >= 0.3 is 0 Å². The summed E-state index contributed by atoms with van der Waals surface area (Å²) in [5.41, 5.74) is 0. The first-order chi connectivity index (χ1) is 8.79. The summed E-state index contributed by atoms with van der Waals surface area (Å²) in [5.74, 6) is 1.93. The van der Waals surface area contributed by atoms with E-state index in [1.807, 2.05) is 0 Å². The molecule has 3 nitrogen and oxygen atoms in total. The van der Waals surface area contributed by atoms with Crippen LogP contribution in [0.5, 0.6) is 0 Å². The Balaban J connectivity index is 2.32. The van der Waals surface area contributed by atoms with Crippen LogP contribution in [0.4, 0.5) is 0 Å². The molecular weight excluding hydrogens is 258 g/mol. The van der Waals surface area contributed by atoms with Gasteiger partial charge in [0, 0.05) is 6.26 Å². The van der Waals surface area contributed by atoms with Crippen molar-refractivity contribution < 1.29 is 8.42 Å². The minimum atomic E-state index is -2.84. The molecule has 1 aliphatic rings. The van der Waals surface area contributed by atoms with Crippen LogP contribution in [0.15, 0.2) is 0 Å². The van der Waals surface area contributed by atoms with Crippen molar-refractivity contribution in [3.05, 3.63) is 0 Å². The van der Waals surface area contributed by atoms with E-state index in [2.05, 4.69) is 26.1 Å². The van der Waals surface area contributed by atoms with E-state index >= 15 is 0 Å². The Labute approximate surface area is 119 Å². The summed E-state index contributed by atoms with van der Waals surface area (Å²) in [6.45, 7) is 8.83. The monoisotopic (exact) mass is 289 g/mol. The molecule has 0 radical (unpaired) electrons. The minimum Gasteiger partial charge on any atom is -0.316 e. The van der Waals surface area contributed by atoms with E-state index in [1.165, 1.54) is 12.7 Å². The summed E-state index contributed by atoms with van der Waals surface area (Å²) in [6, 6.07) is 0. The summed E-state index contributed by atoms with van der Waals surface area (Å²) in [4.78, 5) is 0. The van der Waals surface area contributed by atoms with E-state index in [4.69, 9.17) is 0 Å². The maximum Gasteiger partial charge on any atom is 0.150 e. The van der Waals surface area contributed by atoms with Crippen LogP contribution in [0.1, 0.15) is 52.9 Å². The van der Waals surface area contributed by atoms with Gasteiger partial charge in [-0.15, -0.1) is 0 Å². The van der Waals surface area contributed by atoms with Crippen LogP contribution in [-0.2, 0) is 9.84 Å². The molecule has 1 aliphatic carbocycles. The SMILES string of the molecule is CC(C)CNCC(C)CC1CCCC(S(C)(=O)=O)C1. The zero-order valence-corrected chi connectivity index (χ0v) is 13.8.